The average molecular weight is 346 g/mol. The monoisotopic (exact) mass is 346 g/mol. The molecule has 25 heavy (non-hydrogen) atoms. The number of aliphatic hydroxyl groups excluding tert-OH is 1. The molecule has 1 heterocycles. The lowest BCUT2D eigenvalue weighted by molar-refractivity contribution is -0.147. The van der Waals surface area contributed by atoms with Crippen molar-refractivity contribution in [2.24, 2.45) is 5.92 Å². The van der Waals surface area contributed by atoms with E-state index in [1.54, 1.807) is 26.0 Å². The summed E-state index contributed by atoms with van der Waals surface area (Å²) >= 11 is 0. The Bertz CT molecular complexity index is 668. The zero-order chi connectivity index (χ0) is 18.7. The molecule has 0 radical (unpaired) electrons. The van der Waals surface area contributed by atoms with Gasteiger partial charge in [-0.25, -0.2) is 9.59 Å². The van der Waals surface area contributed by atoms with Gasteiger partial charge in [-0.15, -0.1) is 0 Å². The number of allylic oxidation sites excluding steroid dienone is 1. The van der Waals surface area contributed by atoms with E-state index < -0.39 is 36.2 Å². The first-order valence-corrected chi connectivity index (χ1v) is 8.49. The van der Waals surface area contributed by atoms with Crippen LogP contribution in [0.15, 0.2) is 47.1 Å². The topological polar surface area (TPSA) is 72.8 Å². The second-order valence-electron chi connectivity index (χ2n) is 6.84. The molecule has 0 spiro atoms. The van der Waals surface area contributed by atoms with Gasteiger partial charge in [0, 0.05) is 17.6 Å². The number of carbonyl (C=O) groups excluding carboxylic acids is 2. The van der Waals surface area contributed by atoms with Gasteiger partial charge in [-0.1, -0.05) is 29.9 Å². The van der Waals surface area contributed by atoms with Gasteiger partial charge in [0.1, 0.15) is 12.2 Å². The lowest BCUT2D eigenvalue weighted by Crippen LogP contribution is -2.34. The quantitative estimate of drug-likeness (QED) is 0.473. The normalized spacial score (nSPS) is 35.0. The summed E-state index contributed by atoms with van der Waals surface area (Å²) in [6.45, 7) is 11.1. The Balaban J connectivity index is 2.42. The lowest BCUT2D eigenvalue weighted by Gasteiger charge is -2.28. The Morgan fingerprint density at radius 1 is 1.32 bits per heavy atom. The van der Waals surface area contributed by atoms with Crippen molar-refractivity contribution in [3.63, 3.8) is 0 Å². The van der Waals surface area contributed by atoms with Gasteiger partial charge in [0.2, 0.25) is 0 Å². The van der Waals surface area contributed by atoms with E-state index in [0.717, 1.165) is 11.1 Å². The van der Waals surface area contributed by atoms with Crippen LogP contribution in [0.4, 0.5) is 0 Å². The predicted molar refractivity (Wildman–Crippen MR) is 94.6 cm³/mol. The van der Waals surface area contributed by atoms with E-state index >= 15 is 0 Å². The van der Waals surface area contributed by atoms with E-state index in [1.807, 2.05) is 19.9 Å². The second kappa shape index (κ2) is 7.83. The molecule has 136 valence electrons. The van der Waals surface area contributed by atoms with E-state index in [2.05, 4.69) is 6.58 Å². The van der Waals surface area contributed by atoms with Gasteiger partial charge < -0.3 is 14.6 Å². The first kappa shape index (κ1) is 19.2. The number of hydrogen-bond acceptors (Lipinski definition) is 5. The molecule has 5 nitrogen and oxygen atoms in total. The van der Waals surface area contributed by atoms with Crippen LogP contribution in [-0.2, 0) is 19.1 Å². The Morgan fingerprint density at radius 2 is 1.96 bits per heavy atom. The summed E-state index contributed by atoms with van der Waals surface area (Å²) in [6.07, 6.45) is 4.39. The summed E-state index contributed by atoms with van der Waals surface area (Å²) in [5, 5.41) is 10.2. The zero-order valence-electron chi connectivity index (χ0n) is 15.2. The first-order chi connectivity index (χ1) is 11.7. The van der Waals surface area contributed by atoms with Crippen LogP contribution in [0.1, 0.15) is 40.5 Å². The smallest absolute Gasteiger partial charge is 0.334 e. The highest BCUT2D eigenvalue weighted by atomic mass is 16.6. The van der Waals surface area contributed by atoms with Crippen LogP contribution in [0, 0.1) is 5.92 Å². The molecule has 0 aromatic heterocycles. The Hall–Kier alpha value is -2.14. The van der Waals surface area contributed by atoms with Crippen LogP contribution in [0.2, 0.25) is 0 Å². The number of hydrogen-bond donors (Lipinski definition) is 1. The molecule has 0 bridgehead atoms. The molecule has 1 fully saturated rings. The Morgan fingerprint density at radius 3 is 2.60 bits per heavy atom. The van der Waals surface area contributed by atoms with Crippen molar-refractivity contribution >= 4 is 11.9 Å². The maximum absolute atomic E-state index is 12.3. The highest BCUT2D eigenvalue weighted by Gasteiger charge is 2.44. The molecule has 4 atom stereocenters. The summed E-state index contributed by atoms with van der Waals surface area (Å²) < 4.78 is 11.1. The fourth-order valence-corrected chi connectivity index (χ4v) is 3.22. The fourth-order valence-electron chi connectivity index (χ4n) is 3.22. The van der Waals surface area contributed by atoms with Gasteiger partial charge in [0.25, 0.3) is 0 Å². The maximum Gasteiger partial charge on any atom is 0.334 e. The molecule has 1 aliphatic carbocycles. The molecule has 2 rings (SSSR count). The molecular formula is C20H26O5. The first-order valence-electron chi connectivity index (χ1n) is 8.49. The minimum atomic E-state index is -0.623. The molecule has 1 saturated heterocycles. The van der Waals surface area contributed by atoms with E-state index in [1.165, 1.54) is 0 Å². The van der Waals surface area contributed by atoms with Gasteiger partial charge in [0.05, 0.1) is 12.0 Å². The summed E-state index contributed by atoms with van der Waals surface area (Å²) in [5.41, 5.74) is 2.62. The number of carbonyl (C=O) groups is 2. The van der Waals surface area contributed by atoms with Crippen molar-refractivity contribution < 1.29 is 24.2 Å². The zero-order valence-corrected chi connectivity index (χ0v) is 15.2. The van der Waals surface area contributed by atoms with Gasteiger partial charge in [-0.3, -0.25) is 0 Å². The number of esters is 2. The average Bonchev–Trinajstić information content (AvgIpc) is 2.78. The molecule has 0 saturated carbocycles. The standard InChI is InChI=1S/C20H26O5/c1-6-13(4)19(22)24-16-9-11(2)7-15(21)8-12(3)10-17-18(16)14(5)20(23)25-17/h6-7,10,15-18,21H,5,8-9H2,1-4H3/b11-7-,12-10-,13-6-/t15-,16-,17-,18-/m1/s1. The summed E-state index contributed by atoms with van der Waals surface area (Å²) in [5.74, 6) is -1.33. The highest BCUT2D eigenvalue weighted by Crippen LogP contribution is 2.36. The van der Waals surface area contributed by atoms with E-state index in [0.29, 0.717) is 24.0 Å². The van der Waals surface area contributed by atoms with Crippen LogP contribution in [0.25, 0.3) is 0 Å². The molecule has 5 heteroatoms. The Kier molecular flexibility index (Phi) is 6.01. The van der Waals surface area contributed by atoms with Crippen LogP contribution >= 0.6 is 0 Å². The van der Waals surface area contributed by atoms with Crippen molar-refractivity contribution in [1.82, 2.24) is 0 Å². The molecule has 0 aromatic carbocycles. The van der Waals surface area contributed by atoms with Crippen molar-refractivity contribution in [2.75, 3.05) is 0 Å². The van der Waals surface area contributed by atoms with Crippen LogP contribution in [0.3, 0.4) is 0 Å². The number of fused-ring (bicyclic) bond motifs is 1. The molecule has 2 aliphatic rings. The van der Waals surface area contributed by atoms with Crippen molar-refractivity contribution in [3.8, 4) is 0 Å². The third-order valence-electron chi connectivity index (χ3n) is 4.66. The lowest BCUT2D eigenvalue weighted by atomic mass is 9.85. The van der Waals surface area contributed by atoms with Crippen LogP contribution < -0.4 is 0 Å². The molecule has 1 N–H and O–H groups in total. The number of aliphatic hydroxyl groups is 1. The van der Waals surface area contributed by atoms with Crippen LogP contribution in [0.5, 0.6) is 0 Å². The molecular weight excluding hydrogens is 320 g/mol. The maximum atomic E-state index is 12.3. The van der Waals surface area contributed by atoms with Gasteiger partial charge in [-0.05, 0) is 40.2 Å². The number of ether oxygens (including phenoxy) is 2. The molecule has 1 aliphatic heterocycles. The van der Waals surface area contributed by atoms with Gasteiger partial charge >= 0.3 is 11.9 Å². The van der Waals surface area contributed by atoms with Gasteiger partial charge in [0.15, 0.2) is 0 Å². The van der Waals surface area contributed by atoms with Gasteiger partial charge in [-0.2, -0.15) is 0 Å². The number of rotatable bonds is 2. The van der Waals surface area contributed by atoms with Crippen molar-refractivity contribution in [2.45, 2.75) is 58.8 Å². The summed E-state index contributed by atoms with van der Waals surface area (Å²) in [7, 11) is 0. The van der Waals surface area contributed by atoms with E-state index in [9.17, 15) is 14.7 Å². The minimum absolute atomic E-state index is 0.318. The summed E-state index contributed by atoms with van der Waals surface area (Å²) in [6, 6.07) is 0. The minimum Gasteiger partial charge on any atom is -0.458 e. The van der Waals surface area contributed by atoms with Crippen molar-refractivity contribution in [1.29, 1.82) is 0 Å². The summed E-state index contributed by atoms with van der Waals surface area (Å²) in [4.78, 5) is 24.3. The second-order valence-corrected chi connectivity index (χ2v) is 6.84. The van der Waals surface area contributed by atoms with E-state index in [4.69, 9.17) is 9.47 Å². The van der Waals surface area contributed by atoms with E-state index in [-0.39, 0.29) is 0 Å². The predicted octanol–water partition coefficient (Wildman–Crippen LogP) is 3.01. The highest BCUT2D eigenvalue weighted by molar-refractivity contribution is 5.92. The van der Waals surface area contributed by atoms with Crippen LogP contribution in [-0.4, -0.2) is 35.4 Å². The SMILES string of the molecule is C=C1C(=O)O[C@@H]2/C=C(/C)C[C@H](O)/C=C(/C)C[C@@H](OC(=O)/C(C)=C\C)[C@@H]12. The molecule has 0 amide bonds. The third kappa shape index (κ3) is 4.48. The molecule has 0 aromatic rings. The largest absolute Gasteiger partial charge is 0.458 e. The Labute approximate surface area is 148 Å². The third-order valence-corrected chi connectivity index (χ3v) is 4.66. The van der Waals surface area contributed by atoms with Crippen molar-refractivity contribution in [3.05, 3.63) is 47.1 Å². The molecule has 0 unspecified atom stereocenters. The fraction of sp³-hybridized carbons (Fsp3) is 0.500.